The molecule has 0 saturated heterocycles. The van der Waals surface area contributed by atoms with Gasteiger partial charge in [-0.15, -0.1) is 5.16 Å². The summed E-state index contributed by atoms with van der Waals surface area (Å²) in [5.41, 5.74) is 0.0618. The van der Waals surface area contributed by atoms with E-state index >= 15 is 0 Å². The number of hydrogen-bond acceptors (Lipinski definition) is 6. The van der Waals surface area contributed by atoms with Crippen LogP contribution in [0.15, 0.2) is 16.8 Å². The molecule has 0 heterocycles. The van der Waals surface area contributed by atoms with E-state index in [-0.39, 0.29) is 22.6 Å². The molecule has 1 aliphatic rings. The molecule has 0 amide bonds. The molecule has 0 aromatic heterocycles. The van der Waals surface area contributed by atoms with Crippen molar-refractivity contribution in [3.05, 3.63) is 11.6 Å². The summed E-state index contributed by atoms with van der Waals surface area (Å²) < 4.78 is 44.2. The molecule has 1 N–H and O–H groups in total. The smallest absolute Gasteiger partial charge is 0.217 e. The third-order valence-corrected chi connectivity index (χ3v) is 4.37. The molecule has 0 radical (unpaired) electrons. The highest BCUT2D eigenvalue weighted by Gasteiger charge is 2.25. The van der Waals surface area contributed by atoms with Crippen LogP contribution in [-0.4, -0.2) is 38.0 Å². The van der Waals surface area contributed by atoms with Gasteiger partial charge >= 0.3 is 0 Å². The second kappa shape index (κ2) is 6.16. The number of allylic oxidation sites excluding steroid dienone is 2. The first-order valence-electron chi connectivity index (χ1n) is 5.54. The molecule has 106 valence electrons. The minimum absolute atomic E-state index is 0.0790. The zero-order valence-corrected chi connectivity index (χ0v) is 12.3. The lowest BCUT2D eigenvalue weighted by atomic mass is 9.83. The van der Waals surface area contributed by atoms with E-state index in [1.165, 1.54) is 6.21 Å². The topological polar surface area (TPSA) is 101 Å². The van der Waals surface area contributed by atoms with Crippen LogP contribution in [0, 0.1) is 5.41 Å². The molecule has 0 aromatic rings. The van der Waals surface area contributed by atoms with Crippen LogP contribution in [0.25, 0.3) is 0 Å². The van der Waals surface area contributed by atoms with Gasteiger partial charge in [0, 0.05) is 24.5 Å². The first-order valence-corrected chi connectivity index (χ1v) is 7.69. The average molecular weight is 305 g/mol. The third-order valence-electron chi connectivity index (χ3n) is 2.78. The van der Waals surface area contributed by atoms with Crippen molar-refractivity contribution in [1.29, 1.82) is 0 Å². The van der Waals surface area contributed by atoms with Gasteiger partial charge in [0.15, 0.2) is 0 Å². The first-order chi connectivity index (χ1) is 8.76. The first kappa shape index (κ1) is 15.6. The van der Waals surface area contributed by atoms with Gasteiger partial charge in [-0.3, -0.25) is 0 Å². The Bertz CT molecular complexity index is 677. The van der Waals surface area contributed by atoms with Crippen LogP contribution in [0.1, 0.15) is 33.1 Å². The largest absolute Gasteiger partial charge is 0.411 e. The Labute approximate surface area is 114 Å². The maximum absolute atomic E-state index is 11.2. The maximum atomic E-state index is 11.2. The van der Waals surface area contributed by atoms with Gasteiger partial charge in [0.1, 0.15) is 0 Å². The molecule has 0 unspecified atom stereocenters. The van der Waals surface area contributed by atoms with E-state index < -0.39 is 26.0 Å². The quantitative estimate of drug-likeness (QED) is 0.358. The molecule has 0 atom stereocenters. The molecule has 0 spiro atoms. The Morgan fingerprint density at radius 1 is 1.32 bits per heavy atom. The molecule has 6 nitrogen and oxygen atoms in total. The van der Waals surface area contributed by atoms with Gasteiger partial charge in [0.05, 0.1) is 9.73 Å². The predicted molar refractivity (Wildman–Crippen MR) is 73.8 cm³/mol. The van der Waals surface area contributed by atoms with Gasteiger partial charge in [-0.2, -0.15) is 16.8 Å². The number of rotatable bonds is 3. The summed E-state index contributed by atoms with van der Waals surface area (Å²) in [5.74, 6) is 0. The fourth-order valence-electron chi connectivity index (χ4n) is 1.87. The number of oxime groups is 1. The second-order valence-electron chi connectivity index (χ2n) is 4.95. The standard InChI is InChI=1S/C11H15NO5S2/c1-11(2,7-12-13)6-8-3-4-9(18(14)15)5-10(8)19(16)17/h3,7,13H,4-6H2,1-2H3. The van der Waals surface area contributed by atoms with Crippen molar-refractivity contribution >= 4 is 36.5 Å². The lowest BCUT2D eigenvalue weighted by Crippen LogP contribution is -2.23. The van der Waals surface area contributed by atoms with Gasteiger partial charge in [-0.05, 0) is 12.0 Å². The summed E-state index contributed by atoms with van der Waals surface area (Å²) in [6, 6.07) is 0. The highest BCUT2D eigenvalue weighted by Crippen LogP contribution is 2.27. The molecular weight excluding hydrogens is 290 g/mol. The molecule has 0 bridgehead atoms. The molecule has 19 heavy (non-hydrogen) atoms. The van der Waals surface area contributed by atoms with Crippen LogP contribution < -0.4 is 0 Å². The number of hydrogen-bond donors (Lipinski definition) is 1. The Morgan fingerprint density at radius 3 is 2.42 bits per heavy atom. The van der Waals surface area contributed by atoms with Crippen LogP contribution in [0.4, 0.5) is 0 Å². The van der Waals surface area contributed by atoms with Crippen LogP contribution in [0.5, 0.6) is 0 Å². The summed E-state index contributed by atoms with van der Waals surface area (Å²) in [5, 5.41) is 11.5. The van der Waals surface area contributed by atoms with E-state index in [0.717, 1.165) is 0 Å². The van der Waals surface area contributed by atoms with Crippen LogP contribution >= 0.6 is 0 Å². The van der Waals surface area contributed by atoms with Gasteiger partial charge < -0.3 is 5.21 Å². The summed E-state index contributed by atoms with van der Waals surface area (Å²) in [7, 11) is -4.83. The van der Waals surface area contributed by atoms with E-state index in [9.17, 15) is 16.8 Å². The molecule has 0 aliphatic heterocycles. The van der Waals surface area contributed by atoms with E-state index in [0.29, 0.717) is 12.0 Å². The Kier molecular flexibility index (Phi) is 5.07. The lowest BCUT2D eigenvalue weighted by molar-refractivity contribution is 0.313. The zero-order chi connectivity index (χ0) is 14.6. The van der Waals surface area contributed by atoms with Crippen LogP contribution in [0.2, 0.25) is 0 Å². The van der Waals surface area contributed by atoms with Crippen molar-refractivity contribution in [2.75, 3.05) is 0 Å². The van der Waals surface area contributed by atoms with Gasteiger partial charge in [0.25, 0.3) is 0 Å². The van der Waals surface area contributed by atoms with Crippen LogP contribution in [0.3, 0.4) is 0 Å². The van der Waals surface area contributed by atoms with Gasteiger partial charge in [0.2, 0.25) is 20.6 Å². The third kappa shape index (κ3) is 4.32. The van der Waals surface area contributed by atoms with Crippen molar-refractivity contribution in [2.24, 2.45) is 10.6 Å². The Hall–Kier alpha value is -1.41. The highest BCUT2D eigenvalue weighted by atomic mass is 32.2. The maximum Gasteiger partial charge on any atom is 0.217 e. The van der Waals surface area contributed by atoms with E-state index in [1.54, 1.807) is 19.9 Å². The van der Waals surface area contributed by atoms with E-state index in [1.807, 2.05) is 0 Å². The van der Waals surface area contributed by atoms with E-state index in [2.05, 4.69) is 5.16 Å². The normalized spacial score (nSPS) is 16.6. The molecule has 0 fully saturated rings. The summed E-state index contributed by atoms with van der Waals surface area (Å²) in [4.78, 5) is 0.251. The molecule has 0 aromatic carbocycles. The molecule has 0 saturated carbocycles. The van der Waals surface area contributed by atoms with Crippen molar-refractivity contribution in [3.8, 4) is 0 Å². The second-order valence-corrected chi connectivity index (χ2v) is 6.96. The van der Waals surface area contributed by atoms with Gasteiger partial charge in [-0.1, -0.05) is 19.9 Å². The Morgan fingerprint density at radius 2 is 1.95 bits per heavy atom. The fourth-order valence-corrected chi connectivity index (χ4v) is 3.11. The molecule has 1 rings (SSSR count). The van der Waals surface area contributed by atoms with Gasteiger partial charge in [-0.25, -0.2) is 0 Å². The predicted octanol–water partition coefficient (Wildman–Crippen LogP) is 0.686. The molecule has 1 aliphatic carbocycles. The summed E-state index contributed by atoms with van der Waals surface area (Å²) in [6.45, 7) is 3.59. The molecule has 8 heteroatoms. The van der Waals surface area contributed by atoms with Crippen molar-refractivity contribution in [3.63, 3.8) is 0 Å². The summed E-state index contributed by atoms with van der Waals surface area (Å²) in [6.07, 6.45) is 3.43. The highest BCUT2D eigenvalue weighted by molar-refractivity contribution is 7.75. The fraction of sp³-hybridized carbons (Fsp3) is 0.545. The summed E-state index contributed by atoms with van der Waals surface area (Å²) >= 11 is 0. The minimum Gasteiger partial charge on any atom is -0.411 e. The van der Waals surface area contributed by atoms with Crippen LogP contribution in [-0.2, 0) is 20.6 Å². The zero-order valence-electron chi connectivity index (χ0n) is 10.6. The van der Waals surface area contributed by atoms with Crippen molar-refractivity contribution in [1.82, 2.24) is 0 Å². The number of nitrogens with zero attached hydrogens (tertiary/aromatic N) is 1. The van der Waals surface area contributed by atoms with Crippen molar-refractivity contribution < 1.29 is 22.0 Å². The van der Waals surface area contributed by atoms with Crippen molar-refractivity contribution in [2.45, 2.75) is 33.1 Å². The SMILES string of the molecule is CC(C)(C=NO)CC1=CCC(=S(=O)=O)CC1=S(=O)=O. The molecular formula is C11H15NO5S2. The lowest BCUT2D eigenvalue weighted by Gasteiger charge is -2.22. The monoisotopic (exact) mass is 305 g/mol. The van der Waals surface area contributed by atoms with E-state index in [4.69, 9.17) is 5.21 Å². The minimum atomic E-state index is -2.46. The average Bonchev–Trinajstić information content (AvgIpc) is 2.27. The Balaban J connectivity index is 3.22.